The van der Waals surface area contributed by atoms with Crippen molar-refractivity contribution < 1.29 is 23.1 Å². The van der Waals surface area contributed by atoms with E-state index in [9.17, 15) is 14.4 Å². The summed E-state index contributed by atoms with van der Waals surface area (Å²) in [4.78, 5) is 13.4. The van der Waals surface area contributed by atoms with Gasteiger partial charge in [-0.05, 0) is 60.2 Å². The molecule has 1 atom stereocenters. The van der Waals surface area contributed by atoms with Crippen molar-refractivity contribution in [2.75, 3.05) is 27.4 Å². The van der Waals surface area contributed by atoms with Gasteiger partial charge in [-0.2, -0.15) is 5.26 Å². The molecule has 0 saturated carbocycles. The van der Waals surface area contributed by atoms with Gasteiger partial charge in [0.1, 0.15) is 11.4 Å². The highest BCUT2D eigenvalue weighted by molar-refractivity contribution is 5.72. The maximum Gasteiger partial charge on any atom is 0.313 e. The Balaban J connectivity index is 1.58. The standard InChI is InChI=1S/C39H58FN2O3/c1-5-7-9-11-13-15-18-33(19-16-14-12-10-8-6-2)38(43)44-31-42(3,4)27-17-26-39(35-21-23-36(40)24-22-35)37-25-20-32(29-41)28-34(37)30-45-39/h20-25,28,33H,5-19,26-27,30-31H2,1-4H3/q+1. The molecule has 0 radical (unpaired) electrons. The van der Waals surface area contributed by atoms with Crippen molar-refractivity contribution in [3.63, 3.8) is 0 Å². The summed E-state index contributed by atoms with van der Waals surface area (Å²) < 4.78 is 26.9. The van der Waals surface area contributed by atoms with Gasteiger partial charge in [-0.3, -0.25) is 9.28 Å². The smallest absolute Gasteiger partial charge is 0.313 e. The fourth-order valence-corrected chi connectivity index (χ4v) is 6.66. The Bertz CT molecular complexity index is 1190. The van der Waals surface area contributed by atoms with Gasteiger partial charge in [0.2, 0.25) is 6.73 Å². The predicted octanol–water partition coefficient (Wildman–Crippen LogP) is 9.95. The van der Waals surface area contributed by atoms with E-state index in [0.29, 0.717) is 29.8 Å². The Kier molecular flexibility index (Phi) is 15.5. The maximum absolute atomic E-state index is 13.9. The van der Waals surface area contributed by atoms with Crippen LogP contribution in [-0.4, -0.2) is 37.8 Å². The molecule has 1 unspecified atom stereocenters. The highest BCUT2D eigenvalue weighted by Crippen LogP contribution is 2.45. The summed E-state index contributed by atoms with van der Waals surface area (Å²) >= 11 is 0. The van der Waals surface area contributed by atoms with Gasteiger partial charge in [-0.25, -0.2) is 4.39 Å². The lowest BCUT2D eigenvalue weighted by Gasteiger charge is -2.34. The van der Waals surface area contributed by atoms with Crippen LogP contribution in [0.25, 0.3) is 0 Å². The second-order valence-electron chi connectivity index (χ2n) is 13.8. The van der Waals surface area contributed by atoms with Gasteiger partial charge in [0, 0.05) is 6.42 Å². The lowest BCUT2D eigenvalue weighted by Crippen LogP contribution is -2.44. The van der Waals surface area contributed by atoms with E-state index in [4.69, 9.17) is 9.47 Å². The maximum atomic E-state index is 13.9. The van der Waals surface area contributed by atoms with Crippen LogP contribution in [0.15, 0.2) is 42.5 Å². The zero-order valence-corrected chi connectivity index (χ0v) is 28.6. The van der Waals surface area contributed by atoms with Crippen LogP contribution in [0.2, 0.25) is 0 Å². The Labute approximate surface area is 272 Å². The van der Waals surface area contributed by atoms with Gasteiger partial charge >= 0.3 is 5.97 Å². The summed E-state index contributed by atoms with van der Waals surface area (Å²) in [5.41, 5.74) is 2.86. The fraction of sp³-hybridized carbons (Fsp3) is 0.641. The molecule has 0 saturated heterocycles. The summed E-state index contributed by atoms with van der Waals surface area (Å²) in [5, 5.41) is 9.40. The van der Waals surface area contributed by atoms with Gasteiger partial charge < -0.3 is 9.47 Å². The fourth-order valence-electron chi connectivity index (χ4n) is 6.66. The summed E-state index contributed by atoms with van der Waals surface area (Å²) in [7, 11) is 4.22. The predicted molar refractivity (Wildman–Crippen MR) is 180 cm³/mol. The molecule has 0 aromatic heterocycles. The molecule has 3 rings (SSSR count). The van der Waals surface area contributed by atoms with Crippen LogP contribution in [0.1, 0.15) is 139 Å². The first-order valence-corrected chi connectivity index (χ1v) is 17.7. The number of benzene rings is 2. The van der Waals surface area contributed by atoms with Crippen molar-refractivity contribution in [3.8, 4) is 6.07 Å². The lowest BCUT2D eigenvalue weighted by molar-refractivity contribution is -0.907. The Hall–Kier alpha value is -2.75. The summed E-state index contributed by atoms with van der Waals surface area (Å²) in [6, 6.07) is 14.5. The molecule has 1 aliphatic heterocycles. The quantitative estimate of drug-likeness (QED) is 0.0568. The van der Waals surface area contributed by atoms with E-state index in [1.165, 1.54) is 76.3 Å². The van der Waals surface area contributed by atoms with Crippen molar-refractivity contribution in [1.82, 2.24) is 0 Å². The number of unbranched alkanes of at least 4 members (excludes halogenated alkanes) is 10. The van der Waals surface area contributed by atoms with Crippen molar-refractivity contribution in [3.05, 3.63) is 70.5 Å². The second kappa shape index (κ2) is 19.0. The molecule has 2 aromatic rings. The minimum absolute atomic E-state index is 0.00853. The molecule has 45 heavy (non-hydrogen) atoms. The molecule has 0 fully saturated rings. The number of hydrogen-bond donors (Lipinski definition) is 0. The van der Waals surface area contributed by atoms with Crippen molar-refractivity contribution >= 4 is 5.97 Å². The average Bonchev–Trinajstić information content (AvgIpc) is 3.40. The van der Waals surface area contributed by atoms with E-state index in [-0.39, 0.29) is 17.7 Å². The summed E-state index contributed by atoms with van der Waals surface area (Å²) in [6.07, 6.45) is 18.1. The van der Waals surface area contributed by atoms with Crippen LogP contribution in [0.3, 0.4) is 0 Å². The van der Waals surface area contributed by atoms with Crippen LogP contribution >= 0.6 is 0 Å². The highest BCUT2D eigenvalue weighted by atomic mass is 19.1. The van der Waals surface area contributed by atoms with E-state index < -0.39 is 5.60 Å². The molecule has 1 heterocycles. The van der Waals surface area contributed by atoms with Gasteiger partial charge in [0.25, 0.3) is 0 Å². The van der Waals surface area contributed by atoms with Crippen molar-refractivity contribution in [2.45, 2.75) is 129 Å². The number of nitriles is 1. The third kappa shape index (κ3) is 11.5. The number of carbonyl (C=O) groups is 1. The van der Waals surface area contributed by atoms with Crippen LogP contribution < -0.4 is 0 Å². The number of quaternary nitrogens is 1. The number of fused-ring (bicyclic) bond motifs is 1. The minimum Gasteiger partial charge on any atom is -0.415 e. The van der Waals surface area contributed by atoms with E-state index in [1.807, 2.05) is 18.2 Å². The van der Waals surface area contributed by atoms with Gasteiger partial charge in [-0.1, -0.05) is 109 Å². The molecular formula is C39H58FN2O3+. The molecule has 5 nitrogen and oxygen atoms in total. The Morgan fingerprint density at radius 1 is 0.911 bits per heavy atom. The third-order valence-corrected chi connectivity index (χ3v) is 9.45. The number of carbonyl (C=O) groups excluding carboxylic acids is 1. The number of esters is 1. The topological polar surface area (TPSA) is 59.3 Å². The Morgan fingerprint density at radius 3 is 2.11 bits per heavy atom. The second-order valence-corrected chi connectivity index (χ2v) is 13.8. The number of rotatable bonds is 22. The largest absolute Gasteiger partial charge is 0.415 e. The minimum atomic E-state index is -0.701. The summed E-state index contributed by atoms with van der Waals surface area (Å²) in [5.74, 6) is -0.323. The van der Waals surface area contributed by atoms with Crippen molar-refractivity contribution in [2.24, 2.45) is 5.92 Å². The van der Waals surface area contributed by atoms with E-state index in [2.05, 4.69) is 34.0 Å². The average molecular weight is 622 g/mol. The highest BCUT2D eigenvalue weighted by Gasteiger charge is 2.42. The number of nitrogens with zero attached hydrogens (tertiary/aromatic N) is 2. The molecule has 0 amide bonds. The first-order valence-electron chi connectivity index (χ1n) is 17.7. The third-order valence-electron chi connectivity index (χ3n) is 9.45. The number of hydrogen-bond acceptors (Lipinski definition) is 4. The zero-order valence-electron chi connectivity index (χ0n) is 28.6. The van der Waals surface area contributed by atoms with E-state index in [0.717, 1.165) is 55.3 Å². The zero-order chi connectivity index (χ0) is 32.5. The van der Waals surface area contributed by atoms with Gasteiger partial charge in [-0.15, -0.1) is 0 Å². The van der Waals surface area contributed by atoms with E-state index in [1.54, 1.807) is 12.1 Å². The van der Waals surface area contributed by atoms with Crippen LogP contribution in [0.5, 0.6) is 0 Å². The molecular weight excluding hydrogens is 563 g/mol. The van der Waals surface area contributed by atoms with Crippen molar-refractivity contribution in [1.29, 1.82) is 5.26 Å². The van der Waals surface area contributed by atoms with Crippen LogP contribution in [0.4, 0.5) is 4.39 Å². The number of ether oxygens (including phenoxy) is 2. The molecule has 0 aliphatic carbocycles. The molecule has 6 heteroatoms. The molecule has 0 bridgehead atoms. The molecule has 1 aliphatic rings. The van der Waals surface area contributed by atoms with E-state index >= 15 is 0 Å². The molecule has 248 valence electrons. The van der Waals surface area contributed by atoms with Gasteiger partial charge in [0.15, 0.2) is 0 Å². The lowest BCUT2D eigenvalue weighted by atomic mass is 9.81. The van der Waals surface area contributed by atoms with Crippen LogP contribution in [-0.2, 0) is 26.5 Å². The molecule has 2 aromatic carbocycles. The first kappa shape index (κ1) is 36.7. The monoisotopic (exact) mass is 621 g/mol. The molecule has 0 N–H and O–H groups in total. The van der Waals surface area contributed by atoms with Gasteiger partial charge in [0.05, 0.1) is 44.8 Å². The Morgan fingerprint density at radius 2 is 1.51 bits per heavy atom. The first-order chi connectivity index (χ1) is 21.7. The normalized spacial score (nSPS) is 16.1. The number of halogens is 1. The van der Waals surface area contributed by atoms with Crippen LogP contribution in [0, 0.1) is 23.1 Å². The SMILES string of the molecule is CCCCCCCCC(CCCCCCCC)C(=O)OC[N+](C)(C)CCCC1(c2ccc(F)cc2)OCc2cc(C#N)ccc21. The summed E-state index contributed by atoms with van der Waals surface area (Å²) in [6.45, 7) is 6.03. The molecule has 0 spiro atoms.